The van der Waals surface area contributed by atoms with Crippen LogP contribution in [0.3, 0.4) is 0 Å². The van der Waals surface area contributed by atoms with Crippen molar-refractivity contribution in [2.24, 2.45) is 29.1 Å². The fourth-order valence-electron chi connectivity index (χ4n) is 6.76. The van der Waals surface area contributed by atoms with Gasteiger partial charge in [0.15, 0.2) is 0 Å². The van der Waals surface area contributed by atoms with Crippen LogP contribution in [-0.4, -0.2) is 36.5 Å². The van der Waals surface area contributed by atoms with Crippen LogP contribution in [0.2, 0.25) is 0 Å². The Morgan fingerprint density at radius 2 is 1.96 bits per heavy atom. The third-order valence-electron chi connectivity index (χ3n) is 8.21. The van der Waals surface area contributed by atoms with Crippen molar-refractivity contribution in [2.75, 3.05) is 19.6 Å². The van der Waals surface area contributed by atoms with Gasteiger partial charge in [-0.2, -0.15) is 0 Å². The van der Waals surface area contributed by atoms with Gasteiger partial charge in [-0.3, -0.25) is 4.79 Å². The van der Waals surface area contributed by atoms with Gasteiger partial charge in [-0.05, 0) is 94.0 Å². The lowest BCUT2D eigenvalue weighted by molar-refractivity contribution is -0.134. The zero-order valence-corrected chi connectivity index (χ0v) is 15.7. The van der Waals surface area contributed by atoms with E-state index >= 15 is 0 Å². The summed E-state index contributed by atoms with van der Waals surface area (Å²) in [6.07, 6.45) is 13.5. The minimum Gasteiger partial charge on any atom is -0.339 e. The summed E-state index contributed by atoms with van der Waals surface area (Å²) in [5, 5.41) is 3.46. The topological polar surface area (TPSA) is 32.3 Å². The van der Waals surface area contributed by atoms with Crippen molar-refractivity contribution in [3.63, 3.8) is 0 Å². The highest BCUT2D eigenvalue weighted by Crippen LogP contribution is 2.59. The second-order valence-corrected chi connectivity index (χ2v) is 9.37. The quantitative estimate of drug-likeness (QED) is 0.841. The molecule has 0 aromatic heterocycles. The van der Waals surface area contributed by atoms with Crippen LogP contribution in [-0.2, 0) is 4.79 Å². The molecule has 5 unspecified atom stereocenters. The summed E-state index contributed by atoms with van der Waals surface area (Å²) in [7, 11) is 0. The standard InChI is InChI=1S/C20H32N2O.ClH/c23-19(18-13-20(18)5-7-21-8-6-20)22-9-1-2-17(22)12-16-11-14-3-4-15(16)10-14;/h14-18,21H,1-13H2;1H. The maximum absolute atomic E-state index is 13.1. The molecule has 0 radical (unpaired) electrons. The fourth-order valence-corrected chi connectivity index (χ4v) is 6.76. The third kappa shape index (κ3) is 2.80. The number of amides is 1. The van der Waals surface area contributed by atoms with Crippen LogP contribution >= 0.6 is 12.4 Å². The Balaban J connectivity index is 0.00000146. The fraction of sp³-hybridized carbons (Fsp3) is 0.950. The number of likely N-dealkylation sites (tertiary alicyclic amines) is 1. The smallest absolute Gasteiger partial charge is 0.226 e. The zero-order chi connectivity index (χ0) is 15.4. The molecule has 3 nitrogen and oxygen atoms in total. The summed E-state index contributed by atoms with van der Waals surface area (Å²) in [5.41, 5.74) is 0.405. The molecular weight excluding hydrogens is 320 g/mol. The van der Waals surface area contributed by atoms with Gasteiger partial charge in [0.2, 0.25) is 5.91 Å². The van der Waals surface area contributed by atoms with Crippen molar-refractivity contribution >= 4 is 18.3 Å². The molecule has 136 valence electrons. The molecule has 2 bridgehead atoms. The van der Waals surface area contributed by atoms with Crippen molar-refractivity contribution in [1.82, 2.24) is 10.2 Å². The summed E-state index contributed by atoms with van der Waals surface area (Å²) < 4.78 is 0. The van der Waals surface area contributed by atoms with E-state index in [1.807, 2.05) is 0 Å². The van der Waals surface area contributed by atoms with Crippen LogP contribution in [0.25, 0.3) is 0 Å². The molecule has 2 heterocycles. The van der Waals surface area contributed by atoms with Gasteiger partial charge in [-0.15, -0.1) is 12.4 Å². The van der Waals surface area contributed by atoms with Crippen LogP contribution < -0.4 is 5.32 Å². The van der Waals surface area contributed by atoms with E-state index in [9.17, 15) is 4.79 Å². The number of fused-ring (bicyclic) bond motifs is 2. The number of carbonyl (C=O) groups excluding carboxylic acids is 1. The molecule has 3 aliphatic carbocycles. The summed E-state index contributed by atoms with van der Waals surface area (Å²) in [6.45, 7) is 3.30. The maximum Gasteiger partial charge on any atom is 0.226 e. The molecule has 1 spiro atoms. The van der Waals surface area contributed by atoms with E-state index in [1.165, 1.54) is 64.2 Å². The lowest BCUT2D eigenvalue weighted by Crippen LogP contribution is -2.40. The van der Waals surface area contributed by atoms with Gasteiger partial charge < -0.3 is 10.2 Å². The largest absolute Gasteiger partial charge is 0.339 e. The van der Waals surface area contributed by atoms with Crippen LogP contribution in [0.4, 0.5) is 0 Å². The normalized spacial score (nSPS) is 42.3. The third-order valence-corrected chi connectivity index (χ3v) is 8.21. The van der Waals surface area contributed by atoms with E-state index < -0.39 is 0 Å². The van der Waals surface area contributed by atoms with Crippen molar-refractivity contribution in [3.8, 4) is 0 Å². The number of nitrogens with one attached hydrogen (secondary N) is 1. The number of piperidine rings is 1. The first-order chi connectivity index (χ1) is 11.3. The van der Waals surface area contributed by atoms with Crippen LogP contribution in [0, 0.1) is 29.1 Å². The van der Waals surface area contributed by atoms with Crippen molar-refractivity contribution in [3.05, 3.63) is 0 Å². The Morgan fingerprint density at radius 1 is 1.12 bits per heavy atom. The molecule has 2 saturated heterocycles. The summed E-state index contributed by atoms with van der Waals surface area (Å²) in [4.78, 5) is 15.5. The zero-order valence-electron chi connectivity index (χ0n) is 14.8. The molecule has 5 atom stereocenters. The maximum atomic E-state index is 13.1. The Morgan fingerprint density at radius 3 is 2.67 bits per heavy atom. The molecule has 4 heteroatoms. The molecule has 1 amide bonds. The molecule has 24 heavy (non-hydrogen) atoms. The Hall–Kier alpha value is -0.280. The Labute approximate surface area is 152 Å². The average Bonchev–Trinajstić information content (AvgIpc) is 3.02. The van der Waals surface area contributed by atoms with Crippen LogP contribution in [0.5, 0.6) is 0 Å². The number of halogens is 1. The van der Waals surface area contributed by atoms with E-state index in [-0.39, 0.29) is 12.4 Å². The highest BCUT2D eigenvalue weighted by atomic mass is 35.5. The predicted octanol–water partition coefficient (Wildman–Crippen LogP) is 3.62. The van der Waals surface area contributed by atoms with Gasteiger partial charge in [0, 0.05) is 18.5 Å². The number of hydrogen-bond acceptors (Lipinski definition) is 2. The van der Waals surface area contributed by atoms with E-state index in [0.29, 0.717) is 23.3 Å². The van der Waals surface area contributed by atoms with Gasteiger partial charge in [0.1, 0.15) is 0 Å². The van der Waals surface area contributed by atoms with Crippen molar-refractivity contribution < 1.29 is 4.79 Å². The molecule has 5 rings (SSSR count). The van der Waals surface area contributed by atoms with E-state index in [1.54, 1.807) is 0 Å². The number of rotatable bonds is 3. The van der Waals surface area contributed by atoms with Gasteiger partial charge in [-0.1, -0.05) is 6.42 Å². The lowest BCUT2D eigenvalue weighted by atomic mass is 9.83. The second-order valence-electron chi connectivity index (χ2n) is 9.37. The molecule has 1 N–H and O–H groups in total. The minimum atomic E-state index is 0. The lowest BCUT2D eigenvalue weighted by Gasteiger charge is -2.31. The Bertz CT molecular complexity index is 490. The van der Waals surface area contributed by atoms with Crippen molar-refractivity contribution in [2.45, 2.75) is 70.3 Å². The average molecular weight is 353 g/mol. The highest BCUT2D eigenvalue weighted by Gasteiger charge is 2.59. The molecular formula is C20H33ClN2O. The molecule has 5 aliphatic rings. The number of nitrogens with zero attached hydrogens (tertiary/aromatic N) is 1. The second kappa shape index (κ2) is 6.46. The minimum absolute atomic E-state index is 0. The first-order valence-electron chi connectivity index (χ1n) is 10.3. The number of carbonyl (C=O) groups is 1. The van der Waals surface area contributed by atoms with Gasteiger partial charge >= 0.3 is 0 Å². The molecule has 0 aromatic carbocycles. The van der Waals surface area contributed by atoms with E-state index in [4.69, 9.17) is 0 Å². The number of hydrogen-bond donors (Lipinski definition) is 1. The van der Waals surface area contributed by atoms with E-state index in [0.717, 1.165) is 37.4 Å². The Kier molecular flexibility index (Phi) is 4.62. The monoisotopic (exact) mass is 352 g/mol. The first-order valence-corrected chi connectivity index (χ1v) is 10.3. The molecule has 0 aromatic rings. The molecule has 5 fully saturated rings. The van der Waals surface area contributed by atoms with Crippen molar-refractivity contribution in [1.29, 1.82) is 0 Å². The highest BCUT2D eigenvalue weighted by molar-refractivity contribution is 5.85. The summed E-state index contributed by atoms with van der Waals surface area (Å²) in [5.74, 6) is 3.91. The van der Waals surface area contributed by atoms with Crippen LogP contribution in [0.1, 0.15) is 64.2 Å². The van der Waals surface area contributed by atoms with Gasteiger partial charge in [0.05, 0.1) is 0 Å². The summed E-state index contributed by atoms with van der Waals surface area (Å²) in [6, 6.07) is 0.589. The molecule has 3 saturated carbocycles. The first kappa shape index (κ1) is 17.1. The SMILES string of the molecule is Cl.O=C(C1CC12CCNCC2)N1CCCC1CC1CC2CCC1C2. The van der Waals surface area contributed by atoms with Gasteiger partial charge in [-0.25, -0.2) is 0 Å². The van der Waals surface area contributed by atoms with E-state index in [2.05, 4.69) is 10.2 Å². The predicted molar refractivity (Wildman–Crippen MR) is 98.2 cm³/mol. The summed E-state index contributed by atoms with van der Waals surface area (Å²) >= 11 is 0. The van der Waals surface area contributed by atoms with Gasteiger partial charge in [0.25, 0.3) is 0 Å². The van der Waals surface area contributed by atoms with Crippen LogP contribution in [0.15, 0.2) is 0 Å². The molecule has 2 aliphatic heterocycles.